The van der Waals surface area contributed by atoms with E-state index in [0.29, 0.717) is 6.42 Å². The van der Waals surface area contributed by atoms with Crippen LogP contribution >= 0.6 is 11.8 Å². The van der Waals surface area contributed by atoms with Crippen LogP contribution in [0.2, 0.25) is 0 Å². The third kappa shape index (κ3) is 2.03. The Morgan fingerprint density at radius 1 is 1.45 bits per heavy atom. The van der Waals surface area contributed by atoms with E-state index < -0.39 is 18.0 Å². The summed E-state index contributed by atoms with van der Waals surface area (Å²) in [5.74, 6) is -1.81. The molecule has 0 bridgehead atoms. The number of aliphatic hydroxyl groups is 1. The lowest BCUT2D eigenvalue weighted by atomic mass is 9.83. The molecule has 0 saturated carbocycles. The van der Waals surface area contributed by atoms with Crippen LogP contribution < -0.4 is 10.9 Å². The van der Waals surface area contributed by atoms with Gasteiger partial charge in [-0.15, -0.1) is 11.8 Å². The number of carbonyl (C=O) groups is 2. The molecule has 0 aromatic rings. The first-order valence-corrected chi connectivity index (χ1v) is 7.48. The van der Waals surface area contributed by atoms with Gasteiger partial charge in [0.05, 0.1) is 18.1 Å². The summed E-state index contributed by atoms with van der Waals surface area (Å²) < 4.78 is 0. The van der Waals surface area contributed by atoms with Crippen LogP contribution in [0.1, 0.15) is 13.3 Å². The van der Waals surface area contributed by atoms with Gasteiger partial charge in [-0.25, -0.2) is 4.79 Å². The molecule has 2 fully saturated rings. The number of nitrogens with zero attached hydrogens (tertiary/aromatic N) is 1. The van der Waals surface area contributed by atoms with Gasteiger partial charge in [-0.1, -0.05) is 0 Å². The van der Waals surface area contributed by atoms with Crippen LogP contribution in [0.4, 0.5) is 0 Å². The smallest absolute Gasteiger partial charge is 0.353 e. The predicted molar refractivity (Wildman–Crippen MR) is 72.5 cm³/mol. The molecule has 4 N–H and O–H groups in total. The summed E-state index contributed by atoms with van der Waals surface area (Å²) in [6, 6.07) is -0.196. The summed E-state index contributed by atoms with van der Waals surface area (Å²) in [6.07, 6.45) is -0.206. The highest BCUT2D eigenvalue weighted by Crippen LogP contribution is 2.47. The predicted octanol–water partition coefficient (Wildman–Crippen LogP) is -0.896. The minimum atomic E-state index is -1.06. The zero-order chi connectivity index (χ0) is 14.4. The maximum atomic E-state index is 12.0. The third-order valence-electron chi connectivity index (χ3n) is 3.98. The van der Waals surface area contributed by atoms with Crippen molar-refractivity contribution in [3.8, 4) is 0 Å². The largest absolute Gasteiger partial charge is 0.477 e. The highest BCUT2D eigenvalue weighted by Gasteiger charge is 2.56. The lowest BCUT2D eigenvalue weighted by molar-refractivity contribution is -0.161. The first-order valence-electron chi connectivity index (χ1n) is 6.60. The summed E-state index contributed by atoms with van der Waals surface area (Å²) in [5.41, 5.74) is 6.11. The van der Waals surface area contributed by atoms with Crippen LogP contribution in [0.15, 0.2) is 10.6 Å². The number of hydrazine groups is 1. The molecule has 110 valence electrons. The lowest BCUT2D eigenvalue weighted by Gasteiger charge is -2.44. The number of carboxylic acid groups (broad SMARTS) is 1. The topological polar surface area (TPSA) is 102 Å². The summed E-state index contributed by atoms with van der Waals surface area (Å²) in [6.45, 7) is 3.11. The van der Waals surface area contributed by atoms with Crippen LogP contribution in [0.3, 0.4) is 0 Å². The number of carbonyl (C=O) groups excluding carboxylic acids is 1. The van der Waals surface area contributed by atoms with Crippen molar-refractivity contribution in [3.05, 3.63) is 10.6 Å². The molecule has 0 aromatic heterocycles. The fraction of sp³-hybridized carbons (Fsp3) is 0.667. The molecule has 2 saturated heterocycles. The normalized spacial score (nSPS) is 31.5. The summed E-state index contributed by atoms with van der Waals surface area (Å²) in [4.78, 5) is 25.5. The number of carboxylic acids is 1. The van der Waals surface area contributed by atoms with Gasteiger partial charge in [0, 0.05) is 29.7 Å². The molecule has 0 spiro atoms. The molecule has 0 aromatic carbocycles. The fourth-order valence-electron chi connectivity index (χ4n) is 3.07. The number of rotatable bonds is 4. The van der Waals surface area contributed by atoms with Gasteiger partial charge in [-0.05, 0) is 6.92 Å². The highest BCUT2D eigenvalue weighted by molar-refractivity contribution is 8.03. The minimum Gasteiger partial charge on any atom is -0.477 e. The number of amides is 1. The second-order valence-corrected chi connectivity index (χ2v) is 6.72. The molecule has 7 nitrogen and oxygen atoms in total. The van der Waals surface area contributed by atoms with E-state index in [1.165, 1.54) is 16.7 Å². The van der Waals surface area contributed by atoms with Gasteiger partial charge < -0.3 is 15.1 Å². The van der Waals surface area contributed by atoms with Crippen molar-refractivity contribution >= 4 is 23.6 Å². The average molecular weight is 299 g/mol. The van der Waals surface area contributed by atoms with E-state index in [9.17, 15) is 19.8 Å². The molecule has 20 heavy (non-hydrogen) atoms. The Balaban J connectivity index is 1.81. The Morgan fingerprint density at radius 3 is 2.65 bits per heavy atom. The molecule has 8 heteroatoms. The van der Waals surface area contributed by atoms with Crippen LogP contribution in [0.25, 0.3) is 0 Å². The van der Waals surface area contributed by atoms with E-state index in [0.717, 1.165) is 18.0 Å². The molecule has 1 amide bonds. The van der Waals surface area contributed by atoms with E-state index in [1.807, 2.05) is 0 Å². The molecule has 3 aliphatic heterocycles. The van der Waals surface area contributed by atoms with Gasteiger partial charge in [-0.2, -0.15) is 0 Å². The van der Waals surface area contributed by atoms with Gasteiger partial charge in [0.1, 0.15) is 5.70 Å². The second kappa shape index (κ2) is 5.03. The molecule has 3 atom stereocenters. The Labute approximate surface area is 120 Å². The van der Waals surface area contributed by atoms with Crippen LogP contribution in [-0.2, 0) is 9.59 Å². The first kappa shape index (κ1) is 13.9. The van der Waals surface area contributed by atoms with E-state index in [1.54, 1.807) is 6.92 Å². The van der Waals surface area contributed by atoms with Crippen LogP contribution in [0.5, 0.6) is 0 Å². The maximum Gasteiger partial charge on any atom is 0.353 e. The summed E-state index contributed by atoms with van der Waals surface area (Å²) >= 11 is 1.51. The van der Waals surface area contributed by atoms with E-state index in [2.05, 4.69) is 10.9 Å². The second-order valence-electron chi connectivity index (χ2n) is 5.32. The monoisotopic (exact) mass is 299 g/mol. The van der Waals surface area contributed by atoms with Gasteiger partial charge >= 0.3 is 5.97 Å². The van der Waals surface area contributed by atoms with Crippen molar-refractivity contribution in [1.29, 1.82) is 0 Å². The number of aliphatic hydroxyl groups excluding tert-OH is 1. The fourth-order valence-corrected chi connectivity index (χ4v) is 4.37. The summed E-state index contributed by atoms with van der Waals surface area (Å²) in [7, 11) is 0. The number of thioether (sulfide) groups is 1. The number of fused-ring (bicyclic) bond motifs is 1. The Hall–Kier alpha value is -1.09. The zero-order valence-electron chi connectivity index (χ0n) is 11.0. The number of nitrogens with one attached hydrogen (secondary N) is 2. The molecule has 0 aliphatic carbocycles. The van der Waals surface area contributed by atoms with Gasteiger partial charge in [0.2, 0.25) is 5.91 Å². The van der Waals surface area contributed by atoms with Crippen molar-refractivity contribution in [3.63, 3.8) is 0 Å². The third-order valence-corrected chi connectivity index (χ3v) is 5.30. The van der Waals surface area contributed by atoms with Crippen molar-refractivity contribution in [2.24, 2.45) is 5.92 Å². The van der Waals surface area contributed by atoms with E-state index >= 15 is 0 Å². The Morgan fingerprint density at radius 2 is 2.10 bits per heavy atom. The van der Waals surface area contributed by atoms with Gasteiger partial charge in [0.25, 0.3) is 0 Å². The number of hydrogen-bond acceptors (Lipinski definition) is 6. The lowest BCUT2D eigenvalue weighted by Crippen LogP contribution is -2.61. The molecular formula is C12H17N3O4S. The highest BCUT2D eigenvalue weighted by atomic mass is 32.2. The number of hydrogen-bond donors (Lipinski definition) is 4. The number of aliphatic carboxylic acids is 1. The Bertz CT molecular complexity index is 487. The van der Waals surface area contributed by atoms with Crippen molar-refractivity contribution in [2.75, 3.05) is 13.1 Å². The zero-order valence-corrected chi connectivity index (χ0v) is 11.8. The van der Waals surface area contributed by atoms with Crippen molar-refractivity contribution in [2.45, 2.75) is 30.7 Å². The minimum absolute atomic E-state index is 0.105. The first-order chi connectivity index (χ1) is 9.50. The maximum absolute atomic E-state index is 12.0. The molecule has 3 unspecified atom stereocenters. The average Bonchev–Trinajstić information content (AvgIpc) is 2.95. The standard InChI is InChI=1S/C12H17N3O4S/c1-5(16)9-7-2-8(20-6-3-13-14-4-6)10(12(18)19)15(7)11(9)17/h5-7,9,13-14,16H,2-4H2,1H3,(H,18,19). The van der Waals surface area contributed by atoms with Crippen molar-refractivity contribution < 1.29 is 19.8 Å². The molecule has 0 radical (unpaired) electrons. The SMILES string of the molecule is CC(O)C1C(=O)N2C(C(=O)O)=C(SC3CNNC3)CC12. The molecule has 3 rings (SSSR count). The molecular weight excluding hydrogens is 282 g/mol. The number of β-lactam (4-membered cyclic amide) rings is 1. The van der Waals surface area contributed by atoms with Crippen LogP contribution in [0, 0.1) is 5.92 Å². The molecule has 3 aliphatic rings. The van der Waals surface area contributed by atoms with Crippen LogP contribution in [-0.4, -0.2) is 57.5 Å². The quantitative estimate of drug-likeness (QED) is 0.499. The van der Waals surface area contributed by atoms with Gasteiger partial charge in [-0.3, -0.25) is 15.6 Å². The van der Waals surface area contributed by atoms with Crippen molar-refractivity contribution in [1.82, 2.24) is 15.8 Å². The van der Waals surface area contributed by atoms with Gasteiger partial charge in [0.15, 0.2) is 0 Å². The Kier molecular flexibility index (Phi) is 3.49. The summed E-state index contributed by atoms with van der Waals surface area (Å²) in [5, 5.41) is 19.3. The van der Waals surface area contributed by atoms with E-state index in [4.69, 9.17) is 0 Å². The van der Waals surface area contributed by atoms with E-state index in [-0.39, 0.29) is 22.9 Å². The molecule has 3 heterocycles.